The molecule has 0 aromatic heterocycles. The third-order valence-electron chi connectivity index (χ3n) is 4.33. The first-order valence-corrected chi connectivity index (χ1v) is 8.28. The van der Waals surface area contributed by atoms with Crippen molar-refractivity contribution < 1.29 is 19.2 Å². The number of hydrogen-bond acceptors (Lipinski definition) is 3. The summed E-state index contributed by atoms with van der Waals surface area (Å²) in [7, 11) is 3.62. The molecular weight excluding hydrogens is 316 g/mol. The molecule has 0 fully saturated rings. The Balaban J connectivity index is 2.03. The molecule has 25 heavy (non-hydrogen) atoms. The lowest BCUT2D eigenvalue weighted by Crippen LogP contribution is -3.12. The molecule has 0 aliphatic heterocycles. The Bertz CT molecular complexity index is 758. The number of methoxy groups -OCH3 is 1. The second-order valence-corrected chi connectivity index (χ2v) is 6.18. The van der Waals surface area contributed by atoms with Crippen molar-refractivity contribution in [3.8, 4) is 5.75 Å². The maximum absolute atomic E-state index is 12.5. The van der Waals surface area contributed by atoms with Gasteiger partial charge in [0.1, 0.15) is 12.3 Å². The molecule has 2 rings (SSSR count). The van der Waals surface area contributed by atoms with Gasteiger partial charge in [0.15, 0.2) is 11.8 Å². The third kappa shape index (κ3) is 4.90. The molecule has 0 spiro atoms. The maximum atomic E-state index is 12.5. The Kier molecular flexibility index (Phi) is 6.31. The number of likely N-dealkylation sites (N-methyl/N-ethyl adjacent to an activating group) is 1. The molecule has 132 valence electrons. The topological polar surface area (TPSA) is 59.8 Å². The van der Waals surface area contributed by atoms with Crippen molar-refractivity contribution in [1.29, 1.82) is 0 Å². The molecular formula is C20H25N2O3+. The van der Waals surface area contributed by atoms with E-state index in [0.717, 1.165) is 16.2 Å². The Labute approximate surface area is 148 Å². The Hall–Kier alpha value is -2.66. The minimum absolute atomic E-state index is 0.0249. The Morgan fingerprint density at radius 3 is 2.56 bits per heavy atom. The van der Waals surface area contributed by atoms with Crippen LogP contribution in [0.3, 0.4) is 0 Å². The van der Waals surface area contributed by atoms with Gasteiger partial charge in [-0.3, -0.25) is 9.59 Å². The molecule has 0 radical (unpaired) electrons. The second kappa shape index (κ2) is 8.44. The highest BCUT2D eigenvalue weighted by molar-refractivity contribution is 5.97. The maximum Gasteiger partial charge on any atom is 0.282 e. The predicted octanol–water partition coefficient (Wildman–Crippen LogP) is 1.94. The van der Waals surface area contributed by atoms with E-state index >= 15 is 0 Å². The quantitative estimate of drug-likeness (QED) is 0.757. The molecule has 2 aromatic rings. The van der Waals surface area contributed by atoms with Gasteiger partial charge < -0.3 is 15.0 Å². The molecule has 0 bridgehead atoms. The predicted molar refractivity (Wildman–Crippen MR) is 98.1 cm³/mol. The highest BCUT2D eigenvalue weighted by Gasteiger charge is 2.23. The van der Waals surface area contributed by atoms with E-state index in [-0.39, 0.29) is 17.7 Å². The van der Waals surface area contributed by atoms with Crippen molar-refractivity contribution in [1.82, 2.24) is 0 Å². The number of benzene rings is 2. The van der Waals surface area contributed by atoms with Crippen molar-refractivity contribution in [3.05, 3.63) is 59.7 Å². The minimum atomic E-state index is -0.258. The van der Waals surface area contributed by atoms with Crippen LogP contribution in [0.4, 0.5) is 5.69 Å². The molecule has 0 aliphatic rings. The fraction of sp³-hybridized carbons (Fsp3) is 0.300. The molecule has 0 saturated heterocycles. The molecule has 1 amide bonds. The molecule has 5 heteroatoms. The van der Waals surface area contributed by atoms with Crippen LogP contribution >= 0.6 is 0 Å². The van der Waals surface area contributed by atoms with Crippen LogP contribution in [0.25, 0.3) is 0 Å². The zero-order chi connectivity index (χ0) is 18.4. The van der Waals surface area contributed by atoms with E-state index in [4.69, 9.17) is 4.74 Å². The number of nitrogens with one attached hydrogen (secondary N) is 2. The molecule has 2 aromatic carbocycles. The van der Waals surface area contributed by atoms with Gasteiger partial charge in [-0.05, 0) is 38.1 Å². The number of quaternary nitrogens is 1. The number of amides is 1. The zero-order valence-electron chi connectivity index (χ0n) is 15.1. The van der Waals surface area contributed by atoms with Crippen LogP contribution < -0.4 is 15.0 Å². The summed E-state index contributed by atoms with van der Waals surface area (Å²) in [4.78, 5) is 25.0. The summed E-state index contributed by atoms with van der Waals surface area (Å²) in [5.74, 6) is 0.708. The van der Waals surface area contributed by atoms with Crippen LogP contribution in [0.2, 0.25) is 0 Å². The van der Waals surface area contributed by atoms with Gasteiger partial charge in [0.2, 0.25) is 0 Å². The minimum Gasteiger partial charge on any atom is -0.496 e. The van der Waals surface area contributed by atoms with E-state index in [1.807, 2.05) is 38.2 Å². The lowest BCUT2D eigenvalue weighted by molar-refractivity contribution is -0.907. The van der Waals surface area contributed by atoms with Gasteiger partial charge >= 0.3 is 0 Å². The number of carbonyl (C=O) groups is 2. The average molecular weight is 341 g/mol. The highest BCUT2D eigenvalue weighted by atomic mass is 16.5. The highest BCUT2D eigenvalue weighted by Crippen LogP contribution is 2.16. The van der Waals surface area contributed by atoms with Crippen molar-refractivity contribution in [3.63, 3.8) is 0 Å². The first kappa shape index (κ1) is 18.7. The van der Waals surface area contributed by atoms with Gasteiger partial charge in [-0.1, -0.05) is 24.3 Å². The van der Waals surface area contributed by atoms with Crippen LogP contribution in [0.5, 0.6) is 5.75 Å². The van der Waals surface area contributed by atoms with Crippen LogP contribution in [0.15, 0.2) is 48.5 Å². The van der Waals surface area contributed by atoms with Gasteiger partial charge in [-0.25, -0.2) is 0 Å². The molecule has 0 heterocycles. The van der Waals surface area contributed by atoms with Crippen LogP contribution in [-0.4, -0.2) is 31.9 Å². The normalized spacial score (nSPS) is 13.0. The number of hydrogen-bond donors (Lipinski definition) is 2. The van der Waals surface area contributed by atoms with E-state index in [1.54, 1.807) is 31.4 Å². The fourth-order valence-corrected chi connectivity index (χ4v) is 2.59. The monoisotopic (exact) mass is 341 g/mol. The summed E-state index contributed by atoms with van der Waals surface area (Å²) in [6.07, 6.45) is 0. The Morgan fingerprint density at radius 2 is 1.88 bits per heavy atom. The number of carbonyl (C=O) groups excluding carboxylic acids is 2. The van der Waals surface area contributed by atoms with Gasteiger partial charge in [0.05, 0.1) is 14.2 Å². The summed E-state index contributed by atoms with van der Waals surface area (Å²) >= 11 is 0. The van der Waals surface area contributed by atoms with E-state index < -0.39 is 0 Å². The van der Waals surface area contributed by atoms with E-state index in [0.29, 0.717) is 17.8 Å². The van der Waals surface area contributed by atoms with Crippen molar-refractivity contribution in [2.75, 3.05) is 19.5 Å². The third-order valence-corrected chi connectivity index (χ3v) is 4.33. The molecule has 0 aliphatic carbocycles. The lowest BCUT2D eigenvalue weighted by atomic mass is 10.1. The largest absolute Gasteiger partial charge is 0.496 e. The van der Waals surface area contributed by atoms with Crippen molar-refractivity contribution in [2.24, 2.45) is 0 Å². The SMILES string of the molecule is COc1ccccc1C[NH+](C)[C@@H](C)C(=O)Nc1cccc(C(C)=O)c1. The summed E-state index contributed by atoms with van der Waals surface area (Å²) < 4.78 is 5.37. The summed E-state index contributed by atoms with van der Waals surface area (Å²) in [6, 6.07) is 14.5. The zero-order valence-corrected chi connectivity index (χ0v) is 15.1. The average Bonchev–Trinajstić information content (AvgIpc) is 2.61. The van der Waals surface area contributed by atoms with Crippen LogP contribution in [-0.2, 0) is 11.3 Å². The summed E-state index contributed by atoms with van der Waals surface area (Å²) in [5.41, 5.74) is 2.27. The number of ketones is 1. The molecule has 2 N–H and O–H groups in total. The molecule has 1 unspecified atom stereocenters. The molecule has 5 nitrogen and oxygen atoms in total. The van der Waals surface area contributed by atoms with Gasteiger partial charge in [0.25, 0.3) is 5.91 Å². The van der Waals surface area contributed by atoms with Gasteiger partial charge in [0, 0.05) is 16.8 Å². The second-order valence-electron chi connectivity index (χ2n) is 6.18. The summed E-state index contributed by atoms with van der Waals surface area (Å²) in [6.45, 7) is 4.07. The number of anilines is 1. The summed E-state index contributed by atoms with van der Waals surface area (Å²) in [5, 5.41) is 2.89. The van der Waals surface area contributed by atoms with E-state index in [2.05, 4.69) is 5.32 Å². The van der Waals surface area contributed by atoms with Crippen LogP contribution in [0, 0.1) is 0 Å². The smallest absolute Gasteiger partial charge is 0.282 e. The fourth-order valence-electron chi connectivity index (χ4n) is 2.59. The number of Topliss-reactive ketones (excluding diaryl/α,β-unsaturated/α-hetero) is 1. The van der Waals surface area contributed by atoms with Crippen LogP contribution in [0.1, 0.15) is 29.8 Å². The van der Waals surface area contributed by atoms with Crippen molar-refractivity contribution in [2.45, 2.75) is 26.4 Å². The van der Waals surface area contributed by atoms with E-state index in [9.17, 15) is 9.59 Å². The molecule has 0 saturated carbocycles. The Morgan fingerprint density at radius 1 is 1.16 bits per heavy atom. The van der Waals surface area contributed by atoms with Crippen molar-refractivity contribution >= 4 is 17.4 Å². The molecule has 2 atom stereocenters. The first-order valence-electron chi connectivity index (χ1n) is 8.28. The number of para-hydroxylation sites is 1. The van der Waals surface area contributed by atoms with Gasteiger partial charge in [-0.15, -0.1) is 0 Å². The number of rotatable bonds is 7. The number of ether oxygens (including phenoxy) is 1. The standard InChI is InChI=1S/C20H24N2O3/c1-14(22(3)13-17-8-5-6-11-19(17)25-4)20(24)21-18-10-7-9-16(12-18)15(2)23/h5-12,14H,13H2,1-4H3,(H,21,24)/p+1/t14-/m0/s1. The lowest BCUT2D eigenvalue weighted by Gasteiger charge is -2.22. The van der Waals surface area contributed by atoms with E-state index in [1.165, 1.54) is 6.92 Å². The van der Waals surface area contributed by atoms with Gasteiger partial charge in [-0.2, -0.15) is 0 Å². The first-order chi connectivity index (χ1) is 11.9.